The second-order valence-corrected chi connectivity index (χ2v) is 5.80. The molecular weight excluding hydrogens is 324 g/mol. The molecule has 0 saturated carbocycles. The molecule has 2 rings (SSSR count). The van der Waals surface area contributed by atoms with Crippen molar-refractivity contribution < 1.29 is 4.79 Å². The van der Waals surface area contributed by atoms with Crippen LogP contribution in [0.3, 0.4) is 0 Å². The topological polar surface area (TPSA) is 42.0 Å². The van der Waals surface area contributed by atoms with E-state index in [1.54, 1.807) is 24.4 Å². The Morgan fingerprint density at radius 3 is 2.94 bits per heavy atom. The molecule has 1 N–H and O–H groups in total. The minimum absolute atomic E-state index is 0.259. The van der Waals surface area contributed by atoms with Gasteiger partial charge >= 0.3 is 0 Å². The molecule has 17 heavy (non-hydrogen) atoms. The number of nitrogens with one attached hydrogen (secondary N) is 1. The molecule has 3 nitrogen and oxygen atoms in total. The Morgan fingerprint density at radius 1 is 1.53 bits per heavy atom. The van der Waals surface area contributed by atoms with Crippen molar-refractivity contribution in [3.8, 4) is 0 Å². The number of aromatic nitrogens is 1. The van der Waals surface area contributed by atoms with Crippen LogP contribution in [0.25, 0.3) is 0 Å². The highest BCUT2D eigenvalue weighted by atomic mass is 79.9. The first-order chi connectivity index (χ1) is 8.08. The lowest BCUT2D eigenvalue weighted by Gasteiger charge is -2.05. The van der Waals surface area contributed by atoms with Crippen LogP contribution in [-0.2, 0) is 0 Å². The van der Waals surface area contributed by atoms with Gasteiger partial charge in [-0.05, 0) is 35.0 Å². The molecule has 6 heteroatoms. The third-order valence-corrected chi connectivity index (χ3v) is 4.16. The SMILES string of the molecule is Cc1cnc(NC(=O)c2cccc(Br)c2Cl)s1. The van der Waals surface area contributed by atoms with Crippen LogP contribution in [0.1, 0.15) is 15.2 Å². The first-order valence-corrected chi connectivity index (χ1v) is 6.74. The summed E-state index contributed by atoms with van der Waals surface area (Å²) in [5, 5.41) is 3.68. The summed E-state index contributed by atoms with van der Waals surface area (Å²) in [5.74, 6) is -0.259. The number of hydrogen-bond acceptors (Lipinski definition) is 3. The van der Waals surface area contributed by atoms with Crippen LogP contribution in [0, 0.1) is 6.92 Å². The number of thiazole rings is 1. The standard InChI is InChI=1S/C11H8BrClN2OS/c1-6-5-14-11(17-6)15-10(16)7-3-2-4-8(12)9(7)13/h2-5H,1H3,(H,14,15,16). The third-order valence-electron chi connectivity index (χ3n) is 2.04. The lowest BCUT2D eigenvalue weighted by Crippen LogP contribution is -2.12. The van der Waals surface area contributed by atoms with E-state index in [2.05, 4.69) is 26.2 Å². The lowest BCUT2D eigenvalue weighted by molar-refractivity contribution is 0.102. The number of halogens is 2. The number of aryl methyl sites for hydroxylation is 1. The zero-order valence-electron chi connectivity index (χ0n) is 8.83. The van der Waals surface area contributed by atoms with Gasteiger partial charge in [-0.2, -0.15) is 0 Å². The number of nitrogens with zero attached hydrogens (tertiary/aromatic N) is 1. The Morgan fingerprint density at radius 2 is 2.29 bits per heavy atom. The minimum atomic E-state index is -0.259. The molecular formula is C11H8BrClN2OS. The van der Waals surface area contributed by atoms with Crippen molar-refractivity contribution in [1.82, 2.24) is 4.98 Å². The quantitative estimate of drug-likeness (QED) is 0.899. The molecule has 0 unspecified atom stereocenters. The van der Waals surface area contributed by atoms with Crippen molar-refractivity contribution in [2.75, 3.05) is 5.32 Å². The summed E-state index contributed by atoms with van der Waals surface area (Å²) in [4.78, 5) is 17.1. The van der Waals surface area contributed by atoms with Gasteiger partial charge in [0.25, 0.3) is 5.91 Å². The van der Waals surface area contributed by atoms with Gasteiger partial charge in [0.1, 0.15) is 0 Å². The monoisotopic (exact) mass is 330 g/mol. The normalized spacial score (nSPS) is 10.3. The Kier molecular flexibility index (Phi) is 3.81. The lowest BCUT2D eigenvalue weighted by atomic mass is 10.2. The summed E-state index contributed by atoms with van der Waals surface area (Å²) in [6, 6.07) is 5.22. The molecule has 0 saturated heterocycles. The molecule has 1 aromatic carbocycles. The van der Waals surface area contributed by atoms with Crippen molar-refractivity contribution in [2.24, 2.45) is 0 Å². The first-order valence-electron chi connectivity index (χ1n) is 4.75. The number of anilines is 1. The average Bonchev–Trinajstić information content (AvgIpc) is 2.68. The van der Waals surface area contributed by atoms with Gasteiger partial charge < -0.3 is 0 Å². The van der Waals surface area contributed by atoms with E-state index in [0.29, 0.717) is 20.2 Å². The summed E-state index contributed by atoms with van der Waals surface area (Å²) < 4.78 is 0.696. The molecule has 2 aromatic rings. The zero-order valence-corrected chi connectivity index (χ0v) is 12.0. The molecule has 0 aliphatic carbocycles. The van der Waals surface area contributed by atoms with E-state index in [-0.39, 0.29) is 5.91 Å². The van der Waals surface area contributed by atoms with Crippen molar-refractivity contribution in [1.29, 1.82) is 0 Å². The second-order valence-electron chi connectivity index (χ2n) is 3.33. The Hall–Kier alpha value is -0.910. The number of benzene rings is 1. The molecule has 0 radical (unpaired) electrons. The number of hydrogen-bond donors (Lipinski definition) is 1. The summed E-state index contributed by atoms with van der Waals surface area (Å²) in [5.41, 5.74) is 0.425. The van der Waals surface area contributed by atoms with Crippen LogP contribution in [-0.4, -0.2) is 10.9 Å². The predicted molar refractivity (Wildman–Crippen MR) is 74.0 cm³/mol. The van der Waals surface area contributed by atoms with E-state index in [4.69, 9.17) is 11.6 Å². The van der Waals surface area contributed by atoms with Gasteiger partial charge in [-0.15, -0.1) is 11.3 Å². The molecule has 1 aromatic heterocycles. The largest absolute Gasteiger partial charge is 0.298 e. The Balaban J connectivity index is 2.23. The van der Waals surface area contributed by atoms with Gasteiger partial charge in [-0.25, -0.2) is 4.98 Å². The van der Waals surface area contributed by atoms with Gasteiger partial charge in [0.05, 0.1) is 10.6 Å². The van der Waals surface area contributed by atoms with Crippen molar-refractivity contribution in [2.45, 2.75) is 6.92 Å². The molecule has 0 fully saturated rings. The van der Waals surface area contributed by atoms with Gasteiger partial charge in [0.2, 0.25) is 0 Å². The molecule has 0 bridgehead atoms. The number of rotatable bonds is 2. The van der Waals surface area contributed by atoms with E-state index in [9.17, 15) is 4.79 Å². The third kappa shape index (κ3) is 2.86. The highest BCUT2D eigenvalue weighted by molar-refractivity contribution is 9.10. The van der Waals surface area contributed by atoms with Gasteiger partial charge in [0.15, 0.2) is 5.13 Å². The highest BCUT2D eigenvalue weighted by Crippen LogP contribution is 2.27. The van der Waals surface area contributed by atoms with E-state index >= 15 is 0 Å². The maximum Gasteiger partial charge on any atom is 0.258 e. The first kappa shape index (κ1) is 12.5. The Labute approximate surface area is 116 Å². The fourth-order valence-electron chi connectivity index (χ4n) is 1.26. The maximum absolute atomic E-state index is 11.9. The van der Waals surface area contributed by atoms with E-state index in [1.165, 1.54) is 11.3 Å². The molecule has 0 aliphatic rings. The molecule has 88 valence electrons. The van der Waals surface area contributed by atoms with Crippen LogP contribution < -0.4 is 5.32 Å². The average molecular weight is 332 g/mol. The summed E-state index contributed by atoms with van der Waals surface area (Å²) in [7, 11) is 0. The van der Waals surface area contributed by atoms with Gasteiger partial charge in [0, 0.05) is 15.5 Å². The zero-order chi connectivity index (χ0) is 12.4. The number of carbonyl (C=O) groups is 1. The van der Waals surface area contributed by atoms with E-state index in [0.717, 1.165) is 4.88 Å². The smallest absolute Gasteiger partial charge is 0.258 e. The van der Waals surface area contributed by atoms with Crippen LogP contribution in [0.15, 0.2) is 28.9 Å². The van der Waals surface area contributed by atoms with Crippen LogP contribution >= 0.6 is 38.9 Å². The minimum Gasteiger partial charge on any atom is -0.298 e. The molecule has 0 spiro atoms. The van der Waals surface area contributed by atoms with Crippen molar-refractivity contribution >= 4 is 49.9 Å². The van der Waals surface area contributed by atoms with Crippen LogP contribution in [0.5, 0.6) is 0 Å². The Bertz CT molecular complexity index is 570. The van der Waals surface area contributed by atoms with Crippen molar-refractivity contribution in [3.63, 3.8) is 0 Å². The van der Waals surface area contributed by atoms with Gasteiger partial charge in [-0.3, -0.25) is 10.1 Å². The summed E-state index contributed by atoms with van der Waals surface area (Å²) >= 11 is 10.7. The fourth-order valence-corrected chi connectivity index (χ4v) is 2.49. The summed E-state index contributed by atoms with van der Waals surface area (Å²) in [6.07, 6.45) is 1.71. The van der Waals surface area contributed by atoms with Crippen molar-refractivity contribution in [3.05, 3.63) is 44.3 Å². The maximum atomic E-state index is 11.9. The molecule has 0 atom stereocenters. The van der Waals surface area contributed by atoms with E-state index < -0.39 is 0 Å². The van der Waals surface area contributed by atoms with E-state index in [1.807, 2.05) is 6.92 Å². The fraction of sp³-hybridized carbons (Fsp3) is 0.0909. The molecule has 1 heterocycles. The van der Waals surface area contributed by atoms with Crippen LogP contribution in [0.4, 0.5) is 5.13 Å². The number of carbonyl (C=O) groups excluding carboxylic acids is 1. The second kappa shape index (κ2) is 5.16. The highest BCUT2D eigenvalue weighted by Gasteiger charge is 2.13. The summed E-state index contributed by atoms with van der Waals surface area (Å²) in [6.45, 7) is 1.93. The predicted octanol–water partition coefficient (Wildman–Crippen LogP) is 4.12. The van der Waals surface area contributed by atoms with Crippen LogP contribution in [0.2, 0.25) is 5.02 Å². The molecule has 0 aliphatic heterocycles. The number of amides is 1. The molecule has 1 amide bonds. The van der Waals surface area contributed by atoms with Gasteiger partial charge in [-0.1, -0.05) is 17.7 Å².